The number of aromatic nitrogens is 1. The fourth-order valence-corrected chi connectivity index (χ4v) is 3.80. The van der Waals surface area contributed by atoms with Crippen LogP contribution in [-0.2, 0) is 0 Å². The number of nitriles is 2. The fraction of sp³-hybridized carbons (Fsp3) is 0.111. The molecule has 0 bridgehead atoms. The summed E-state index contributed by atoms with van der Waals surface area (Å²) in [7, 11) is 0. The minimum Gasteiger partial charge on any atom is -0.478 e. The van der Waals surface area contributed by atoms with Crippen LogP contribution in [0.1, 0.15) is 22.7 Å². The second-order valence-electron chi connectivity index (χ2n) is 5.71. The molecule has 6 N–H and O–H groups in total. The lowest BCUT2D eigenvalue weighted by molar-refractivity contribution is 0.368. The van der Waals surface area contributed by atoms with Crippen LogP contribution >= 0.6 is 27.5 Å². The average Bonchev–Trinajstić information content (AvgIpc) is 2.67. The molecule has 29 heavy (non-hydrogen) atoms. The van der Waals surface area contributed by atoms with Crippen molar-refractivity contribution in [2.45, 2.75) is 6.04 Å². The molecule has 1 aromatic carbocycles. The number of pyridine rings is 1. The first-order chi connectivity index (χ1) is 13.9. The molecule has 1 aliphatic heterocycles. The lowest BCUT2D eigenvalue weighted by Gasteiger charge is -2.26. The van der Waals surface area contributed by atoms with Crippen molar-refractivity contribution in [2.75, 3.05) is 23.4 Å². The number of nitrogens with two attached hydrogens (primary N) is 2. The van der Waals surface area contributed by atoms with Gasteiger partial charge >= 0.3 is 0 Å². The van der Waals surface area contributed by atoms with Gasteiger partial charge in [-0.2, -0.15) is 10.5 Å². The summed E-state index contributed by atoms with van der Waals surface area (Å²) in [5.74, 6) is 3.12. The normalized spacial score (nSPS) is 14.3. The number of nitrogen functional groups attached to an aromatic ring is 2. The third-order valence-electron chi connectivity index (χ3n) is 3.99. The monoisotopic (exact) mass is 470 g/mol. The lowest BCUT2D eigenvalue weighted by atomic mass is 9.95. The van der Waals surface area contributed by atoms with Gasteiger partial charge in [-0.25, -0.2) is 9.98 Å². The summed E-state index contributed by atoms with van der Waals surface area (Å²) in [5.41, 5.74) is 13.3. The molecule has 11 heteroatoms. The Bertz CT molecular complexity index is 1140. The number of halogens is 2. The smallest absolute Gasteiger partial charge is 0.211 e. The van der Waals surface area contributed by atoms with E-state index < -0.39 is 6.04 Å². The largest absolute Gasteiger partial charge is 0.478 e. The van der Waals surface area contributed by atoms with Gasteiger partial charge in [0, 0.05) is 5.56 Å². The number of fused-ring (bicyclic) bond motifs is 1. The van der Waals surface area contributed by atoms with Gasteiger partial charge in [-0.3, -0.25) is 5.32 Å². The molecule has 1 aromatic heterocycles. The van der Waals surface area contributed by atoms with E-state index in [-0.39, 0.29) is 40.5 Å². The average molecular weight is 472 g/mol. The third-order valence-corrected chi connectivity index (χ3v) is 4.86. The number of terminal acetylenes is 1. The maximum Gasteiger partial charge on any atom is 0.211 e. The number of anilines is 3. The van der Waals surface area contributed by atoms with Gasteiger partial charge in [0.25, 0.3) is 0 Å². The van der Waals surface area contributed by atoms with E-state index in [9.17, 15) is 5.26 Å². The molecule has 0 radical (unpaired) electrons. The van der Waals surface area contributed by atoms with Crippen molar-refractivity contribution in [1.82, 2.24) is 10.3 Å². The van der Waals surface area contributed by atoms with Crippen molar-refractivity contribution >= 4 is 50.8 Å². The van der Waals surface area contributed by atoms with Gasteiger partial charge in [-0.1, -0.05) is 17.5 Å². The van der Waals surface area contributed by atoms with Gasteiger partial charge < -0.3 is 21.5 Å². The number of hydrogen-bond acceptors (Lipinski definition) is 9. The van der Waals surface area contributed by atoms with Crippen LogP contribution in [0.25, 0.3) is 0 Å². The Morgan fingerprint density at radius 2 is 2.14 bits per heavy atom. The molecule has 0 spiro atoms. The first kappa shape index (κ1) is 20.1. The van der Waals surface area contributed by atoms with E-state index in [1.54, 1.807) is 18.3 Å². The molecule has 0 saturated heterocycles. The van der Waals surface area contributed by atoms with Crippen molar-refractivity contribution in [3.8, 4) is 30.4 Å². The van der Waals surface area contributed by atoms with Gasteiger partial charge in [0.05, 0.1) is 15.2 Å². The second-order valence-corrected chi connectivity index (χ2v) is 6.97. The summed E-state index contributed by atoms with van der Waals surface area (Å²) in [4.78, 5) is 8.67. The summed E-state index contributed by atoms with van der Waals surface area (Å²) in [6.07, 6.45) is 7.01. The molecular weight excluding hydrogens is 460 g/mol. The SMILES string of the molecule is C#CCOc1c(Cl)cc(C2N=C(NC#N)Nc3nc(N)c(C#N)c(N)c32)cc1Br. The van der Waals surface area contributed by atoms with Crippen LogP contribution < -0.4 is 26.8 Å². The quantitative estimate of drug-likeness (QED) is 0.302. The van der Waals surface area contributed by atoms with Gasteiger partial charge in [-0.15, -0.1) is 6.42 Å². The molecule has 1 atom stereocenters. The molecule has 0 aliphatic carbocycles. The van der Waals surface area contributed by atoms with E-state index in [0.29, 0.717) is 21.3 Å². The number of benzene rings is 1. The Morgan fingerprint density at radius 1 is 1.38 bits per heavy atom. The molecule has 9 nitrogen and oxygen atoms in total. The molecule has 0 fully saturated rings. The number of ether oxygens (including phenoxy) is 1. The highest BCUT2D eigenvalue weighted by Crippen LogP contribution is 2.44. The number of hydrogen-bond donors (Lipinski definition) is 4. The van der Waals surface area contributed by atoms with Crippen LogP contribution in [-0.4, -0.2) is 17.6 Å². The zero-order chi connectivity index (χ0) is 21.1. The first-order valence-corrected chi connectivity index (χ1v) is 9.12. The summed E-state index contributed by atoms with van der Waals surface area (Å²) < 4.78 is 5.99. The Morgan fingerprint density at radius 3 is 2.76 bits per heavy atom. The van der Waals surface area contributed by atoms with E-state index in [1.165, 1.54) is 0 Å². The number of nitrogens with one attached hydrogen (secondary N) is 2. The van der Waals surface area contributed by atoms with E-state index in [4.69, 9.17) is 39.5 Å². The van der Waals surface area contributed by atoms with E-state index in [2.05, 4.69) is 42.5 Å². The summed E-state index contributed by atoms with van der Waals surface area (Å²) in [5, 5.41) is 23.9. The molecule has 0 amide bonds. The topological polar surface area (TPSA) is 158 Å². The molecule has 3 rings (SSSR count). The van der Waals surface area contributed by atoms with Crippen LogP contribution in [0, 0.1) is 35.1 Å². The van der Waals surface area contributed by atoms with Gasteiger partial charge in [0.15, 0.2) is 11.9 Å². The van der Waals surface area contributed by atoms with Crippen LogP contribution in [0.2, 0.25) is 5.02 Å². The highest BCUT2D eigenvalue weighted by atomic mass is 79.9. The lowest BCUT2D eigenvalue weighted by Crippen LogP contribution is -2.32. The Balaban J connectivity index is 2.20. The van der Waals surface area contributed by atoms with Crippen LogP contribution in [0.5, 0.6) is 5.75 Å². The third kappa shape index (κ3) is 3.70. The van der Waals surface area contributed by atoms with Crippen molar-refractivity contribution in [1.29, 1.82) is 10.5 Å². The standard InChI is InChI=1S/C18H12BrClN8O/c1-2-3-29-15-10(19)4-8(5-11(15)20)14-12-13(23)9(6-21)16(24)27-17(12)28-18(26-14)25-7-22/h1,4-5,14H,3H2,(H6,23,24,25,26,27,28). The van der Waals surface area contributed by atoms with Crippen LogP contribution in [0.4, 0.5) is 17.3 Å². The number of rotatable bonds is 3. The molecule has 1 unspecified atom stereocenters. The van der Waals surface area contributed by atoms with Crippen molar-refractivity contribution < 1.29 is 4.74 Å². The van der Waals surface area contributed by atoms with E-state index in [1.807, 2.05) is 6.07 Å². The summed E-state index contributed by atoms with van der Waals surface area (Å²) >= 11 is 9.77. The Labute approximate surface area is 179 Å². The minimum absolute atomic E-state index is 0.0366. The van der Waals surface area contributed by atoms with Crippen molar-refractivity contribution in [3.05, 3.63) is 38.3 Å². The molecule has 0 saturated carbocycles. The molecule has 2 heterocycles. The maximum atomic E-state index is 9.38. The summed E-state index contributed by atoms with van der Waals surface area (Å²) in [6, 6.07) is 4.58. The highest BCUT2D eigenvalue weighted by Gasteiger charge is 2.30. The van der Waals surface area contributed by atoms with Crippen molar-refractivity contribution in [2.24, 2.45) is 4.99 Å². The zero-order valence-corrected chi connectivity index (χ0v) is 17.0. The van der Waals surface area contributed by atoms with E-state index in [0.717, 1.165) is 0 Å². The van der Waals surface area contributed by atoms with Crippen LogP contribution in [0.3, 0.4) is 0 Å². The molecule has 1 aliphatic rings. The Hall–Kier alpha value is -3.65. The molecular formula is C18H12BrClN8O. The second kappa shape index (κ2) is 8.15. The maximum absolute atomic E-state index is 9.38. The van der Waals surface area contributed by atoms with Crippen molar-refractivity contribution in [3.63, 3.8) is 0 Å². The number of nitrogens with zero attached hydrogens (tertiary/aromatic N) is 4. The van der Waals surface area contributed by atoms with Crippen LogP contribution in [0.15, 0.2) is 21.6 Å². The Kier molecular flexibility index (Phi) is 5.65. The fourth-order valence-electron chi connectivity index (χ4n) is 2.81. The number of guanidine groups is 1. The highest BCUT2D eigenvalue weighted by molar-refractivity contribution is 9.10. The molecule has 2 aromatic rings. The predicted octanol–water partition coefficient (Wildman–Crippen LogP) is 2.49. The van der Waals surface area contributed by atoms with Gasteiger partial charge in [0.1, 0.15) is 35.9 Å². The number of aliphatic imine (C=N–C) groups is 1. The summed E-state index contributed by atoms with van der Waals surface area (Å²) in [6.45, 7) is 0.0455. The minimum atomic E-state index is -0.724. The predicted molar refractivity (Wildman–Crippen MR) is 113 cm³/mol. The zero-order valence-electron chi connectivity index (χ0n) is 14.6. The molecule has 144 valence electrons. The van der Waals surface area contributed by atoms with E-state index >= 15 is 0 Å². The van der Waals surface area contributed by atoms with Gasteiger partial charge in [0.2, 0.25) is 5.96 Å². The van der Waals surface area contributed by atoms with Gasteiger partial charge in [-0.05, 0) is 33.6 Å². The first-order valence-electron chi connectivity index (χ1n) is 7.95.